The van der Waals surface area contributed by atoms with Crippen molar-refractivity contribution in [1.82, 2.24) is 0 Å². The van der Waals surface area contributed by atoms with E-state index >= 15 is 0 Å². The maximum absolute atomic E-state index is 14.5. The van der Waals surface area contributed by atoms with E-state index in [0.717, 1.165) is 89.9 Å². The van der Waals surface area contributed by atoms with Gasteiger partial charge in [0.15, 0.2) is 0 Å². The molecule has 6 unspecified atom stereocenters. The molecule has 0 amide bonds. The molecule has 0 heterocycles. The number of ether oxygens (including phenoxy) is 6. The van der Waals surface area contributed by atoms with Crippen molar-refractivity contribution < 1.29 is 109 Å². The standard InChI is InChI=1S/C32H52O7.C30H46O6.HIO6.2H2/c1-8-20-24-17-19(39-30(36)38-10-3)15-16-31(24,5)27-26(28(20)34)23-13-12-22(18(4)11-14-25(33)37-7)32(23,6)21(9-2)29(27)35;1-7-20-24-17-19(36-28(33)35-8-2)13-15-30(24,5)23-14-16-29(4)21(18(3)9-12-25(31)34-6)10-11-22(29)26(23)27(20)32;2-1(3,4)6-7-5;;/h18-24,26-27,29,35H,8-17H2,1-7H3;14,16,18-24,26H,7-13,15,17H2,1-6H3;5H;2*1H/t18-,19-,20-,21+,22-,23?,24+,26?,27?,29+,31+,32-;18-,19-,20-,21-,22?,23?,24+,26?,29-,30-;;;/m11.../s1. The summed E-state index contributed by atoms with van der Waals surface area (Å²) in [4.78, 5) is 76.4. The predicted molar refractivity (Wildman–Crippen MR) is 294 cm³/mol. The molecule has 0 aromatic heterocycles. The fourth-order valence-electron chi connectivity index (χ4n) is 19.6. The van der Waals surface area contributed by atoms with Gasteiger partial charge in [-0.15, -0.1) is 0 Å². The molecule has 7 fully saturated rings. The molecule has 0 aromatic carbocycles. The van der Waals surface area contributed by atoms with Crippen LogP contribution in [0.15, 0.2) is 12.2 Å². The van der Waals surface area contributed by atoms with E-state index in [-0.39, 0.29) is 114 Å². The molecule has 8 aliphatic carbocycles. The summed E-state index contributed by atoms with van der Waals surface area (Å²) >= 11 is -5.74. The first kappa shape index (κ1) is 68.1. The highest BCUT2D eigenvalue weighted by atomic mass is 127. The van der Waals surface area contributed by atoms with Gasteiger partial charge in [0.25, 0.3) is 0 Å². The molecule has 8 aliphatic rings. The van der Waals surface area contributed by atoms with Crippen molar-refractivity contribution in [2.45, 2.75) is 204 Å². The first-order valence-corrected chi connectivity index (χ1v) is 34.3. The molecule has 0 bridgehead atoms. The number of carbonyl (C=O) groups is 6. The number of carbonyl (C=O) groups excluding carboxylic acids is 6. The molecule has 0 radical (unpaired) electrons. The summed E-state index contributed by atoms with van der Waals surface area (Å²) in [6, 6.07) is 0. The number of halogens is 1. The summed E-state index contributed by atoms with van der Waals surface area (Å²) in [6.45, 7) is 24.5. The minimum atomic E-state index is -5.74. The number of rotatable bonds is 17. The molecule has 20 heteroatoms. The smallest absolute Gasteiger partial charge is 0.469 e. The number of methoxy groups -OCH3 is 2. The first-order chi connectivity index (χ1) is 38.6. The summed E-state index contributed by atoms with van der Waals surface area (Å²) in [7, 11) is 2.89. The van der Waals surface area contributed by atoms with Crippen LogP contribution < -0.4 is 30.4 Å². The highest BCUT2D eigenvalue weighted by molar-refractivity contribution is 5.87. The highest BCUT2D eigenvalue weighted by Gasteiger charge is 2.71. The van der Waals surface area contributed by atoms with Crippen LogP contribution in [0, 0.1) is 110 Å². The minimum Gasteiger partial charge on any atom is -0.469 e. The Bertz CT molecular complexity index is 2250. The van der Waals surface area contributed by atoms with Gasteiger partial charge >= 0.3 is 44.3 Å². The molecule has 0 aliphatic heterocycles. The number of fused-ring (bicyclic) bond motifs is 10. The maximum atomic E-state index is 14.5. The first-order valence-electron chi connectivity index (χ1n) is 30.8. The largest absolute Gasteiger partial charge is 0.508 e. The number of aliphatic hydroxyl groups excluding tert-OH is 1. The Labute approximate surface area is 496 Å². The molecule has 2 N–H and O–H groups in total. The number of allylic oxidation sites excluding steroid dienone is 2. The van der Waals surface area contributed by atoms with Gasteiger partial charge in [-0.2, -0.15) is 0 Å². The fourth-order valence-corrected chi connectivity index (χ4v) is 19.8. The van der Waals surface area contributed by atoms with E-state index in [9.17, 15) is 44.2 Å². The Morgan fingerprint density at radius 2 is 1.15 bits per heavy atom. The fraction of sp³-hybridized carbons (Fsp3) is 0.871. The summed E-state index contributed by atoms with van der Waals surface area (Å²) in [5, 5.41) is 21.9. The van der Waals surface area contributed by atoms with Crippen LogP contribution in [-0.2, 0) is 55.9 Å². The lowest BCUT2D eigenvalue weighted by atomic mass is 9.39. The summed E-state index contributed by atoms with van der Waals surface area (Å²) in [5.74, 6) is 3.00. The zero-order chi connectivity index (χ0) is 60.9. The van der Waals surface area contributed by atoms with Crippen molar-refractivity contribution in [3.63, 3.8) is 0 Å². The number of ketones is 2. The number of hydrogen-bond donors (Lipinski definition) is 2. The van der Waals surface area contributed by atoms with Gasteiger partial charge in [0.05, 0.1) is 33.5 Å². The molecule has 22 atom stereocenters. The van der Waals surface area contributed by atoms with Crippen LogP contribution in [0.1, 0.15) is 188 Å². The van der Waals surface area contributed by atoms with Crippen LogP contribution in [0.5, 0.6) is 0 Å². The van der Waals surface area contributed by atoms with Crippen molar-refractivity contribution in [2.24, 2.45) is 110 Å². The van der Waals surface area contributed by atoms with Gasteiger partial charge in [-0.25, -0.2) is 14.8 Å². The van der Waals surface area contributed by atoms with Crippen molar-refractivity contribution in [2.75, 3.05) is 27.4 Å². The lowest BCUT2D eigenvalue weighted by Crippen LogP contribution is -4.24. The summed E-state index contributed by atoms with van der Waals surface area (Å²) in [5.41, 5.74) is -0.318. The Morgan fingerprint density at radius 1 is 0.671 bits per heavy atom. The Balaban J connectivity index is 0.000000317. The van der Waals surface area contributed by atoms with Crippen LogP contribution >= 0.6 is 0 Å². The number of hydrogen-bond acceptors (Lipinski definition) is 19. The molecule has 0 spiro atoms. The van der Waals surface area contributed by atoms with Gasteiger partial charge < -0.3 is 33.5 Å². The lowest BCUT2D eigenvalue weighted by molar-refractivity contribution is -1.93. The topological polar surface area (TPSA) is 286 Å². The monoisotopic (exact) mass is 1280 g/mol. The normalized spacial score (nSPS) is 40.4. The van der Waals surface area contributed by atoms with E-state index < -0.39 is 38.5 Å². The zero-order valence-electron chi connectivity index (χ0n) is 51.2. The number of aliphatic hydroxyl groups is 1. The van der Waals surface area contributed by atoms with Gasteiger partial charge in [-0.3, -0.25) is 29.5 Å². The van der Waals surface area contributed by atoms with E-state index in [4.69, 9.17) is 33.7 Å². The average molecular weight is 1280 g/mol. The Kier molecular flexibility index (Phi) is 23.5. The maximum Gasteiger partial charge on any atom is 0.508 e. The lowest BCUT2D eigenvalue weighted by Gasteiger charge is -2.65. The molecule has 0 aromatic rings. The molecule has 19 nitrogen and oxygen atoms in total. The quantitative estimate of drug-likeness (QED) is 0.0400. The van der Waals surface area contributed by atoms with Crippen molar-refractivity contribution in [3.05, 3.63) is 12.2 Å². The van der Waals surface area contributed by atoms with E-state index in [1.54, 1.807) is 13.8 Å². The average Bonchev–Trinajstić information content (AvgIpc) is 3.60. The Morgan fingerprint density at radius 3 is 1.61 bits per heavy atom. The van der Waals surface area contributed by atoms with E-state index in [2.05, 4.69) is 82.7 Å². The van der Waals surface area contributed by atoms with Gasteiger partial charge in [0.2, 0.25) is 3.22 Å². The second-order valence-corrected chi connectivity index (χ2v) is 29.0. The molecular formula is C62H103IO19. The second kappa shape index (κ2) is 28.2. The van der Waals surface area contributed by atoms with E-state index in [1.807, 2.05) is 0 Å². The van der Waals surface area contributed by atoms with Gasteiger partial charge in [-0.05, 0) is 185 Å². The van der Waals surface area contributed by atoms with Crippen molar-refractivity contribution in [3.8, 4) is 0 Å². The molecule has 82 heavy (non-hydrogen) atoms. The van der Waals surface area contributed by atoms with Crippen LogP contribution in [0.4, 0.5) is 9.59 Å². The van der Waals surface area contributed by atoms with Gasteiger partial charge in [0.1, 0.15) is 23.8 Å². The highest BCUT2D eigenvalue weighted by Crippen LogP contribution is 2.71. The SMILES string of the molecule is CCOC(=O)O[C@@H]1CC[C@]2(C)C3C(C(=O)[C@H](CC)[C@@H]2C1)C1CC[C@H]([C@H](C)CCC(=O)OC)[C@@]1(C)[C@@H](CC)[C@@H]3O.CCOC(=O)O[C@@H]1CC[C@]2(C)C3C=C[C@@]4(C)C(CC[C@@H]4[C@H](C)CCC(=O)OC)C3C(=O)[C@H](CC)[C@@H]2C1.[HH].[HH].[O-][I+3]([O-])([O-])OOO. The third kappa shape index (κ3) is 13.6. The Hall–Kier alpha value is -2.99. The third-order valence-corrected chi connectivity index (χ3v) is 23.8. The van der Waals surface area contributed by atoms with Gasteiger partial charge in [-0.1, -0.05) is 80.9 Å². The third-order valence-electron chi connectivity index (χ3n) is 23.2. The number of esters is 2. The minimum absolute atomic E-state index is 0. The van der Waals surface area contributed by atoms with E-state index in [1.165, 1.54) is 14.2 Å². The second-order valence-electron chi connectivity index (χ2n) is 26.4. The number of Topliss-reactive ketones (excluding diaryl/α,β-unsaturated/α-hetero) is 2. The molecule has 0 saturated heterocycles. The zero-order valence-corrected chi connectivity index (χ0v) is 53.4. The van der Waals surface area contributed by atoms with Crippen LogP contribution in [0.2, 0.25) is 0 Å². The molecule has 8 rings (SSSR count). The molecular weight excluding hydrogens is 1180 g/mol. The summed E-state index contributed by atoms with van der Waals surface area (Å²) < 4.78 is 61.7. The van der Waals surface area contributed by atoms with Crippen LogP contribution in [-0.4, -0.2) is 91.9 Å². The summed E-state index contributed by atoms with van der Waals surface area (Å²) in [6.07, 6.45) is 16.6. The predicted octanol–water partition coefficient (Wildman–Crippen LogP) is 6.37. The van der Waals surface area contributed by atoms with Crippen LogP contribution in [0.25, 0.3) is 0 Å². The van der Waals surface area contributed by atoms with Crippen LogP contribution in [0.3, 0.4) is 0 Å². The van der Waals surface area contributed by atoms with Crippen molar-refractivity contribution >= 4 is 35.8 Å². The molecule has 472 valence electrons. The molecule has 7 saturated carbocycles. The van der Waals surface area contributed by atoms with Crippen molar-refractivity contribution in [1.29, 1.82) is 0 Å². The van der Waals surface area contributed by atoms with Gasteiger partial charge in [0, 0.05) is 50.3 Å². The van der Waals surface area contributed by atoms with E-state index in [0.29, 0.717) is 67.0 Å².